The number of hydrogen-bond acceptors (Lipinski definition) is 3. The lowest BCUT2D eigenvalue weighted by molar-refractivity contribution is 0.102. The average Bonchev–Trinajstić information content (AvgIpc) is 2.77. The van der Waals surface area contributed by atoms with E-state index in [2.05, 4.69) is 10.3 Å². The molecule has 1 amide bonds. The zero-order chi connectivity index (χ0) is 20.9. The highest BCUT2D eigenvalue weighted by atomic mass is 16.2. The smallest absolute Gasteiger partial charge is 0.261 e. The van der Waals surface area contributed by atoms with E-state index in [0.717, 1.165) is 11.3 Å². The van der Waals surface area contributed by atoms with Crippen molar-refractivity contribution in [3.63, 3.8) is 0 Å². The van der Waals surface area contributed by atoms with Crippen molar-refractivity contribution >= 4 is 11.6 Å². The van der Waals surface area contributed by atoms with Gasteiger partial charge in [0.1, 0.15) is 5.56 Å². The van der Waals surface area contributed by atoms with Crippen molar-refractivity contribution in [2.24, 2.45) is 0 Å². The maximum atomic E-state index is 13.2. The molecule has 0 aliphatic heterocycles. The maximum absolute atomic E-state index is 13.2. The van der Waals surface area contributed by atoms with Gasteiger partial charge in [0, 0.05) is 41.9 Å². The fourth-order valence-electron chi connectivity index (χ4n) is 3.48. The number of anilines is 1. The summed E-state index contributed by atoms with van der Waals surface area (Å²) in [6, 6.07) is 24.2. The van der Waals surface area contributed by atoms with Gasteiger partial charge in [0.15, 0.2) is 5.43 Å². The van der Waals surface area contributed by atoms with Gasteiger partial charge in [-0.2, -0.15) is 0 Å². The van der Waals surface area contributed by atoms with Gasteiger partial charge in [0.25, 0.3) is 5.91 Å². The number of para-hydroxylation sites is 1. The first kappa shape index (κ1) is 19.3. The molecule has 2 aromatic carbocycles. The van der Waals surface area contributed by atoms with Crippen LogP contribution in [0.25, 0.3) is 11.3 Å². The summed E-state index contributed by atoms with van der Waals surface area (Å²) in [6.45, 7) is 2.41. The molecule has 4 rings (SSSR count). The number of rotatable bonds is 5. The minimum absolute atomic E-state index is 0.105. The van der Waals surface area contributed by atoms with Gasteiger partial charge in [-0.05, 0) is 36.8 Å². The molecule has 1 N–H and O–H groups in total. The van der Waals surface area contributed by atoms with Crippen molar-refractivity contribution in [2.75, 3.05) is 5.32 Å². The summed E-state index contributed by atoms with van der Waals surface area (Å²) < 4.78 is 1.99. The molecule has 2 heterocycles. The van der Waals surface area contributed by atoms with E-state index in [0.29, 0.717) is 23.5 Å². The number of benzene rings is 2. The molecule has 5 heteroatoms. The van der Waals surface area contributed by atoms with Crippen LogP contribution in [0.3, 0.4) is 0 Å². The molecule has 0 aliphatic rings. The van der Waals surface area contributed by atoms with E-state index in [1.807, 2.05) is 66.1 Å². The topological polar surface area (TPSA) is 64.0 Å². The van der Waals surface area contributed by atoms with Crippen molar-refractivity contribution in [3.05, 3.63) is 118 Å². The van der Waals surface area contributed by atoms with Crippen LogP contribution in [0.1, 0.15) is 21.6 Å². The molecule has 0 atom stereocenters. The molecule has 148 valence electrons. The van der Waals surface area contributed by atoms with Crippen LogP contribution in [-0.4, -0.2) is 15.5 Å². The Bertz CT molecular complexity index is 1220. The standard InChI is InChI=1S/C25H21N3O2/c1-18-15-22(29)23(25(30)27-21-12-6-3-7-13-21)24(20-11-8-14-26-16-20)28(18)17-19-9-4-2-5-10-19/h2-16H,17H2,1H3,(H,27,30). The van der Waals surface area contributed by atoms with Gasteiger partial charge in [-0.1, -0.05) is 48.5 Å². The van der Waals surface area contributed by atoms with Crippen molar-refractivity contribution in [2.45, 2.75) is 13.5 Å². The molecule has 0 saturated carbocycles. The predicted molar refractivity (Wildman–Crippen MR) is 119 cm³/mol. The van der Waals surface area contributed by atoms with Crippen LogP contribution in [-0.2, 0) is 6.54 Å². The Balaban J connectivity index is 1.89. The minimum Gasteiger partial charge on any atom is -0.340 e. The zero-order valence-electron chi connectivity index (χ0n) is 16.6. The van der Waals surface area contributed by atoms with E-state index in [4.69, 9.17) is 0 Å². The Morgan fingerprint density at radius 2 is 1.67 bits per heavy atom. The molecule has 0 bridgehead atoms. The number of pyridine rings is 2. The quantitative estimate of drug-likeness (QED) is 0.540. The summed E-state index contributed by atoms with van der Waals surface area (Å²) in [5.74, 6) is -0.438. The second-order valence-electron chi connectivity index (χ2n) is 7.01. The summed E-state index contributed by atoms with van der Waals surface area (Å²) in [5.41, 5.74) is 3.55. The number of hydrogen-bond donors (Lipinski definition) is 1. The first-order valence-corrected chi connectivity index (χ1v) is 9.68. The molecular weight excluding hydrogens is 374 g/mol. The third-order valence-electron chi connectivity index (χ3n) is 4.90. The van der Waals surface area contributed by atoms with E-state index < -0.39 is 5.91 Å². The van der Waals surface area contributed by atoms with E-state index in [1.54, 1.807) is 30.6 Å². The molecule has 4 aromatic rings. The average molecular weight is 395 g/mol. The number of nitrogens with zero attached hydrogens (tertiary/aromatic N) is 2. The van der Waals surface area contributed by atoms with Crippen LogP contribution in [0.4, 0.5) is 5.69 Å². The summed E-state index contributed by atoms with van der Waals surface area (Å²) in [6.07, 6.45) is 3.34. The Morgan fingerprint density at radius 3 is 2.33 bits per heavy atom. The highest BCUT2D eigenvalue weighted by Gasteiger charge is 2.22. The van der Waals surface area contributed by atoms with Crippen LogP contribution in [0.5, 0.6) is 0 Å². The van der Waals surface area contributed by atoms with Crippen LogP contribution < -0.4 is 10.7 Å². The SMILES string of the molecule is Cc1cc(=O)c(C(=O)Nc2ccccc2)c(-c2cccnc2)n1Cc1ccccc1. The summed E-state index contributed by atoms with van der Waals surface area (Å²) >= 11 is 0. The second-order valence-corrected chi connectivity index (χ2v) is 7.01. The summed E-state index contributed by atoms with van der Waals surface area (Å²) in [4.78, 5) is 30.4. The highest BCUT2D eigenvalue weighted by Crippen LogP contribution is 2.25. The first-order chi connectivity index (χ1) is 14.6. The monoisotopic (exact) mass is 395 g/mol. The Labute approximate surface area is 174 Å². The highest BCUT2D eigenvalue weighted by molar-refractivity contribution is 6.08. The zero-order valence-corrected chi connectivity index (χ0v) is 16.6. The van der Waals surface area contributed by atoms with Gasteiger partial charge in [-0.25, -0.2) is 0 Å². The third-order valence-corrected chi connectivity index (χ3v) is 4.90. The third kappa shape index (κ3) is 4.05. The Morgan fingerprint density at radius 1 is 0.967 bits per heavy atom. The van der Waals surface area contributed by atoms with Crippen LogP contribution >= 0.6 is 0 Å². The van der Waals surface area contributed by atoms with Crippen LogP contribution in [0.2, 0.25) is 0 Å². The van der Waals surface area contributed by atoms with E-state index in [-0.39, 0.29) is 11.0 Å². The first-order valence-electron chi connectivity index (χ1n) is 9.68. The predicted octanol–water partition coefficient (Wildman–Crippen LogP) is 4.52. The molecule has 0 radical (unpaired) electrons. The molecule has 2 aromatic heterocycles. The van der Waals surface area contributed by atoms with Crippen LogP contribution in [0, 0.1) is 6.92 Å². The molecule has 0 unspecified atom stereocenters. The maximum Gasteiger partial charge on any atom is 0.261 e. The van der Waals surface area contributed by atoms with Gasteiger partial charge in [0.05, 0.1) is 5.69 Å². The molecule has 0 saturated heterocycles. The number of aromatic nitrogens is 2. The second kappa shape index (κ2) is 8.57. The normalized spacial score (nSPS) is 10.6. The largest absolute Gasteiger partial charge is 0.340 e. The lowest BCUT2D eigenvalue weighted by Gasteiger charge is -2.20. The van der Waals surface area contributed by atoms with Gasteiger partial charge in [-0.3, -0.25) is 14.6 Å². The van der Waals surface area contributed by atoms with Gasteiger partial charge in [0.2, 0.25) is 0 Å². The molecule has 0 fully saturated rings. The van der Waals surface area contributed by atoms with Crippen LogP contribution in [0.15, 0.2) is 96.1 Å². The molecule has 0 spiro atoms. The number of carbonyl (C=O) groups excluding carboxylic acids is 1. The molecule has 5 nitrogen and oxygen atoms in total. The lowest BCUT2D eigenvalue weighted by Crippen LogP contribution is -2.27. The summed E-state index contributed by atoms with van der Waals surface area (Å²) in [5, 5.41) is 2.85. The fraction of sp³-hybridized carbons (Fsp3) is 0.0800. The van der Waals surface area contributed by atoms with Crippen molar-refractivity contribution < 1.29 is 4.79 Å². The minimum atomic E-state index is -0.438. The Kier molecular flexibility index (Phi) is 5.52. The van der Waals surface area contributed by atoms with E-state index in [9.17, 15) is 9.59 Å². The van der Waals surface area contributed by atoms with Crippen molar-refractivity contribution in [1.82, 2.24) is 9.55 Å². The van der Waals surface area contributed by atoms with Gasteiger partial charge in [-0.15, -0.1) is 0 Å². The molecule has 0 aliphatic carbocycles. The van der Waals surface area contributed by atoms with Crippen molar-refractivity contribution in [3.8, 4) is 11.3 Å². The van der Waals surface area contributed by atoms with Crippen molar-refractivity contribution in [1.29, 1.82) is 0 Å². The fourth-order valence-corrected chi connectivity index (χ4v) is 3.48. The van der Waals surface area contributed by atoms with E-state index in [1.165, 1.54) is 6.07 Å². The Hall–Kier alpha value is -3.99. The molecular formula is C25H21N3O2. The van der Waals surface area contributed by atoms with E-state index >= 15 is 0 Å². The van der Waals surface area contributed by atoms with Gasteiger partial charge < -0.3 is 9.88 Å². The van der Waals surface area contributed by atoms with Gasteiger partial charge >= 0.3 is 0 Å². The number of nitrogens with one attached hydrogen (secondary N) is 1. The number of amides is 1. The summed E-state index contributed by atoms with van der Waals surface area (Å²) in [7, 11) is 0. The number of aryl methyl sites for hydroxylation is 1. The number of carbonyl (C=O) groups is 1. The molecule has 30 heavy (non-hydrogen) atoms. The lowest BCUT2D eigenvalue weighted by atomic mass is 10.0.